The van der Waals surface area contributed by atoms with Gasteiger partial charge in [0, 0.05) is 11.3 Å². The maximum Gasteiger partial charge on any atom is 0.397 e. The van der Waals surface area contributed by atoms with Gasteiger partial charge in [-0.25, -0.2) is 4.18 Å². The number of aliphatic hydroxyl groups excluding tert-OH is 5. The molecule has 7 rings (SSSR count). The van der Waals surface area contributed by atoms with Gasteiger partial charge in [-0.15, -0.1) is 0 Å². The van der Waals surface area contributed by atoms with Crippen molar-refractivity contribution < 1.29 is 76.3 Å². The van der Waals surface area contributed by atoms with Crippen LogP contribution in [0, 0.1) is 39.4 Å². The molecular formula is C41H64O16S. The van der Waals surface area contributed by atoms with Crippen molar-refractivity contribution in [1.82, 2.24) is 0 Å². The summed E-state index contributed by atoms with van der Waals surface area (Å²) in [4.78, 5) is 14.0. The number of carbonyl (C=O) groups is 1. The Morgan fingerprint density at radius 2 is 1.72 bits per heavy atom. The highest BCUT2D eigenvalue weighted by atomic mass is 32.3. The third-order valence-corrected chi connectivity index (χ3v) is 16.5. The molecule has 3 heterocycles. The third-order valence-electron chi connectivity index (χ3n) is 16.0. The first-order valence-corrected chi connectivity index (χ1v) is 22.1. The summed E-state index contributed by atoms with van der Waals surface area (Å²) in [6.07, 6.45) is -8.46. The van der Waals surface area contributed by atoms with Crippen LogP contribution in [0.3, 0.4) is 0 Å². The third kappa shape index (κ3) is 6.96. The largest absolute Gasteiger partial charge is 0.461 e. The Balaban J connectivity index is 1.13. The summed E-state index contributed by atoms with van der Waals surface area (Å²) in [6.45, 7) is 17.1. The molecule has 17 heteroatoms. The summed E-state index contributed by atoms with van der Waals surface area (Å²) in [5, 5.41) is 65.4. The van der Waals surface area contributed by atoms with Gasteiger partial charge in [-0.05, 0) is 94.8 Å². The van der Waals surface area contributed by atoms with Gasteiger partial charge in [-0.3, -0.25) is 9.35 Å². The van der Waals surface area contributed by atoms with E-state index in [1.54, 1.807) is 13.8 Å². The van der Waals surface area contributed by atoms with Crippen LogP contribution >= 0.6 is 0 Å². The molecule has 0 radical (unpaired) electrons. The molecule has 0 aromatic heterocycles. The summed E-state index contributed by atoms with van der Waals surface area (Å²) < 4.78 is 67.6. The van der Waals surface area contributed by atoms with Crippen molar-refractivity contribution in [3.8, 4) is 0 Å². The highest BCUT2D eigenvalue weighted by Gasteiger charge is 2.79. The molecule has 4 aliphatic carbocycles. The number of fused-ring (bicyclic) bond motifs is 5. The zero-order valence-corrected chi connectivity index (χ0v) is 35.3. The van der Waals surface area contributed by atoms with Gasteiger partial charge in [-0.2, -0.15) is 8.42 Å². The molecule has 3 saturated carbocycles. The molecule has 0 amide bonds. The van der Waals surface area contributed by atoms with Gasteiger partial charge < -0.3 is 54.3 Å². The molecule has 1 spiro atoms. The number of ether oxygens (including phenoxy) is 5. The Morgan fingerprint density at radius 1 is 1.03 bits per heavy atom. The fourth-order valence-corrected chi connectivity index (χ4v) is 13.4. The number of carbonyl (C=O) groups excluding carboxylic acids is 1. The predicted octanol–water partition coefficient (Wildman–Crippen LogP) is 2.08. The van der Waals surface area contributed by atoms with E-state index in [4.69, 9.17) is 23.7 Å². The molecule has 19 atom stereocenters. The SMILES string of the molecule is C=C(C)C(O)CCC(C)(O)C1C2CC3(C)C4=CCC5C(C)(C)C(OC6OCC(OS(=O)(=O)O)C(O)C6OC6OC(C)C(O)C(O)C6O)CCC5(C)C4CCC13C(=O)O2. The second kappa shape index (κ2) is 15.1. The van der Waals surface area contributed by atoms with E-state index in [-0.39, 0.29) is 23.2 Å². The molecule has 7 N–H and O–H groups in total. The zero-order valence-electron chi connectivity index (χ0n) is 34.5. The van der Waals surface area contributed by atoms with Crippen molar-refractivity contribution in [3.63, 3.8) is 0 Å². The van der Waals surface area contributed by atoms with Crippen LogP contribution in [0.5, 0.6) is 0 Å². The van der Waals surface area contributed by atoms with Crippen LogP contribution in [0.1, 0.15) is 99.8 Å². The van der Waals surface area contributed by atoms with E-state index >= 15 is 0 Å². The lowest BCUT2D eigenvalue weighted by molar-refractivity contribution is -0.362. The van der Waals surface area contributed by atoms with E-state index in [2.05, 4.69) is 44.5 Å². The van der Waals surface area contributed by atoms with E-state index in [1.165, 1.54) is 12.5 Å². The first-order chi connectivity index (χ1) is 26.8. The van der Waals surface area contributed by atoms with Gasteiger partial charge in [-0.1, -0.05) is 51.5 Å². The summed E-state index contributed by atoms with van der Waals surface area (Å²) in [5.74, 6) is -0.449. The second-order valence-electron chi connectivity index (χ2n) is 19.8. The topological polar surface area (TPSA) is 248 Å². The van der Waals surface area contributed by atoms with Gasteiger partial charge in [0.15, 0.2) is 12.6 Å². The Morgan fingerprint density at radius 3 is 2.38 bits per heavy atom. The van der Waals surface area contributed by atoms with Crippen LogP contribution in [0.15, 0.2) is 23.8 Å². The molecule has 58 heavy (non-hydrogen) atoms. The molecule has 3 saturated heterocycles. The van der Waals surface area contributed by atoms with Crippen molar-refractivity contribution in [2.45, 2.75) is 179 Å². The Kier molecular flexibility index (Phi) is 11.5. The van der Waals surface area contributed by atoms with Gasteiger partial charge in [0.2, 0.25) is 0 Å². The highest BCUT2D eigenvalue weighted by Crippen LogP contribution is 2.76. The molecule has 7 aliphatic rings. The number of esters is 1. The average molecular weight is 845 g/mol. The van der Waals surface area contributed by atoms with Crippen LogP contribution in [0.25, 0.3) is 0 Å². The first-order valence-electron chi connectivity index (χ1n) is 20.7. The number of hydrogen-bond donors (Lipinski definition) is 7. The second-order valence-corrected chi connectivity index (χ2v) is 20.8. The summed E-state index contributed by atoms with van der Waals surface area (Å²) in [7, 11) is -5.02. The smallest absolute Gasteiger partial charge is 0.397 e. The van der Waals surface area contributed by atoms with Gasteiger partial charge in [0.05, 0.1) is 35.9 Å². The normalized spacial score (nSPS) is 48.8. The van der Waals surface area contributed by atoms with E-state index in [0.29, 0.717) is 44.1 Å². The van der Waals surface area contributed by atoms with Gasteiger partial charge >= 0.3 is 16.4 Å². The molecular weight excluding hydrogens is 781 g/mol. The summed E-state index contributed by atoms with van der Waals surface area (Å²) in [5.41, 5.74) is -1.54. The number of allylic oxidation sites excluding steroid dienone is 2. The number of aliphatic hydroxyl groups is 6. The molecule has 0 aromatic carbocycles. The van der Waals surface area contributed by atoms with Crippen molar-refractivity contribution in [1.29, 1.82) is 0 Å². The van der Waals surface area contributed by atoms with Crippen LogP contribution in [0.4, 0.5) is 0 Å². The maximum atomic E-state index is 14.0. The van der Waals surface area contributed by atoms with E-state index in [1.807, 2.05) is 0 Å². The van der Waals surface area contributed by atoms with E-state index in [0.717, 1.165) is 12.8 Å². The van der Waals surface area contributed by atoms with E-state index in [9.17, 15) is 48.4 Å². The van der Waals surface area contributed by atoms with Crippen LogP contribution in [-0.4, -0.2) is 135 Å². The maximum absolute atomic E-state index is 14.0. The number of rotatable bonds is 11. The van der Waals surface area contributed by atoms with Crippen molar-refractivity contribution >= 4 is 16.4 Å². The molecule has 6 fully saturated rings. The van der Waals surface area contributed by atoms with E-state index < -0.39 is 118 Å². The lowest BCUT2D eigenvalue weighted by Gasteiger charge is -2.64. The molecule has 3 aliphatic heterocycles. The van der Waals surface area contributed by atoms with Crippen LogP contribution in [-0.2, 0) is 43.1 Å². The molecule has 330 valence electrons. The van der Waals surface area contributed by atoms with Crippen LogP contribution < -0.4 is 0 Å². The minimum absolute atomic E-state index is 0.0858. The summed E-state index contributed by atoms with van der Waals surface area (Å²) >= 11 is 0. The van der Waals surface area contributed by atoms with Gasteiger partial charge in [0.25, 0.3) is 0 Å². The lowest BCUT2D eigenvalue weighted by Crippen LogP contribution is -2.64. The minimum Gasteiger partial charge on any atom is -0.461 e. The van der Waals surface area contributed by atoms with Crippen molar-refractivity contribution in [2.24, 2.45) is 39.4 Å². The Labute approximate surface area is 340 Å². The molecule has 2 bridgehead atoms. The van der Waals surface area contributed by atoms with Gasteiger partial charge in [0.1, 0.15) is 42.7 Å². The van der Waals surface area contributed by atoms with Crippen molar-refractivity contribution in [2.75, 3.05) is 6.61 Å². The fraction of sp³-hybridized carbons (Fsp3) is 0.878. The number of hydrogen-bond acceptors (Lipinski definition) is 15. The Bertz CT molecular complexity index is 1750. The standard InChI is InChI=1S/C41H64O16S/c1-19(2)23(42)12-15-40(8,48)33-24-17-39(7)22-9-10-26-37(4,5)27(13-14-38(26,6)21(22)11-16-41(33,39)36(47)54-24)55-35-32(29(44)25(18-52-35)57-58(49,50)51)56-34-31(46)30(45)28(43)20(3)53-34/h9,20-21,23-35,42-46,48H,1,10-18H2,2-8H3,(H,49,50,51). The Hall–Kier alpha value is -1.58. The lowest BCUT2D eigenvalue weighted by atomic mass is 9.40. The monoisotopic (exact) mass is 844 g/mol. The summed E-state index contributed by atoms with van der Waals surface area (Å²) in [6, 6.07) is 0. The molecule has 19 unspecified atom stereocenters. The first kappa shape index (κ1) is 44.5. The zero-order chi connectivity index (χ0) is 42.7. The van der Waals surface area contributed by atoms with Crippen molar-refractivity contribution in [3.05, 3.63) is 23.8 Å². The highest BCUT2D eigenvalue weighted by molar-refractivity contribution is 7.80. The van der Waals surface area contributed by atoms with Crippen LogP contribution in [0.2, 0.25) is 0 Å². The minimum atomic E-state index is -5.02. The predicted molar refractivity (Wildman–Crippen MR) is 204 cm³/mol. The quantitative estimate of drug-likeness (QED) is 0.0894. The fourth-order valence-electron chi connectivity index (χ4n) is 12.9. The molecule has 16 nitrogen and oxygen atoms in total. The average Bonchev–Trinajstić information content (AvgIpc) is 3.57. The molecule has 0 aromatic rings.